The molecule has 0 amide bonds. The summed E-state index contributed by atoms with van der Waals surface area (Å²) in [7, 11) is 0. The predicted molar refractivity (Wildman–Crippen MR) is 62.7 cm³/mol. The Labute approximate surface area is 98.6 Å². The van der Waals surface area contributed by atoms with Crippen molar-refractivity contribution in [2.45, 2.75) is 6.61 Å². The van der Waals surface area contributed by atoms with Gasteiger partial charge in [0.2, 0.25) is 0 Å². The highest BCUT2D eigenvalue weighted by Gasteiger charge is 2.05. The van der Waals surface area contributed by atoms with Gasteiger partial charge in [-0.25, -0.2) is 0 Å². The normalized spacial score (nSPS) is 9.88. The molecule has 1 radical (unpaired) electrons. The van der Waals surface area contributed by atoms with Crippen molar-refractivity contribution in [1.82, 2.24) is 0 Å². The Kier molecular flexibility index (Phi) is 3.35. The summed E-state index contributed by atoms with van der Waals surface area (Å²) in [5, 5.41) is 10.6. The molecule has 17 heavy (non-hydrogen) atoms. The van der Waals surface area contributed by atoms with Crippen molar-refractivity contribution in [2.75, 3.05) is 0 Å². The molecular formula is C13H10NO3. The van der Waals surface area contributed by atoms with Gasteiger partial charge < -0.3 is 4.74 Å². The lowest BCUT2D eigenvalue weighted by Gasteiger charge is -2.05. The topological polar surface area (TPSA) is 52.4 Å². The molecule has 0 aliphatic rings. The number of nitro groups is 1. The van der Waals surface area contributed by atoms with Gasteiger partial charge in [0.05, 0.1) is 4.92 Å². The summed E-state index contributed by atoms with van der Waals surface area (Å²) in [6, 6.07) is 16.4. The fourth-order valence-electron chi connectivity index (χ4n) is 1.39. The fraction of sp³-hybridized carbons (Fsp3) is 0.0769. The van der Waals surface area contributed by atoms with Crippen LogP contribution in [-0.2, 0) is 6.61 Å². The molecule has 0 fully saturated rings. The largest absolute Gasteiger partial charge is 0.489 e. The predicted octanol–water partition coefficient (Wildman–Crippen LogP) is 2.97. The molecule has 0 saturated heterocycles. The molecule has 0 bridgehead atoms. The fourth-order valence-corrected chi connectivity index (χ4v) is 1.39. The molecule has 0 N–H and O–H groups in total. The average Bonchev–Trinajstić information content (AvgIpc) is 2.38. The van der Waals surface area contributed by atoms with Crippen LogP contribution in [0.2, 0.25) is 0 Å². The molecule has 0 atom stereocenters. The number of hydrogen-bond acceptors (Lipinski definition) is 3. The molecule has 0 saturated carbocycles. The smallest absolute Gasteiger partial charge is 0.269 e. The molecular weight excluding hydrogens is 218 g/mol. The Morgan fingerprint density at radius 1 is 1.24 bits per heavy atom. The standard InChI is InChI=1S/C13H10NO3/c15-14(16)12-6-4-5-11(9-12)10-17-13-7-2-1-3-8-13/h2-9H,10H2. The second kappa shape index (κ2) is 5.12. The van der Waals surface area contributed by atoms with Crippen LogP contribution in [0.25, 0.3) is 0 Å². The first kappa shape index (κ1) is 11.1. The van der Waals surface area contributed by atoms with Crippen LogP contribution in [0.1, 0.15) is 5.56 Å². The van der Waals surface area contributed by atoms with Crippen LogP contribution in [-0.4, -0.2) is 4.92 Å². The maximum Gasteiger partial charge on any atom is 0.269 e. The van der Waals surface area contributed by atoms with E-state index in [4.69, 9.17) is 4.74 Å². The van der Waals surface area contributed by atoms with E-state index >= 15 is 0 Å². The highest BCUT2D eigenvalue weighted by Crippen LogP contribution is 2.15. The average molecular weight is 228 g/mol. The summed E-state index contributed by atoms with van der Waals surface area (Å²) in [5.74, 6) is 0.718. The lowest BCUT2D eigenvalue weighted by molar-refractivity contribution is -0.384. The molecule has 4 heteroatoms. The second-order valence-corrected chi connectivity index (χ2v) is 3.45. The summed E-state index contributed by atoms with van der Waals surface area (Å²) in [6.07, 6.45) is 0. The number of benzene rings is 2. The van der Waals surface area contributed by atoms with E-state index in [1.54, 1.807) is 36.4 Å². The lowest BCUT2D eigenvalue weighted by Crippen LogP contribution is -1.96. The second-order valence-electron chi connectivity index (χ2n) is 3.45. The summed E-state index contributed by atoms with van der Waals surface area (Å²) in [4.78, 5) is 10.2. The molecule has 85 valence electrons. The van der Waals surface area contributed by atoms with Gasteiger partial charge in [-0.15, -0.1) is 0 Å². The number of hydrogen-bond donors (Lipinski definition) is 0. The van der Waals surface area contributed by atoms with Gasteiger partial charge in [0.25, 0.3) is 5.69 Å². The molecule has 0 aliphatic carbocycles. The number of ether oxygens (including phenoxy) is 1. The molecule has 2 aromatic rings. The first-order valence-corrected chi connectivity index (χ1v) is 5.08. The van der Waals surface area contributed by atoms with Crippen LogP contribution in [0.3, 0.4) is 0 Å². The van der Waals surface area contributed by atoms with Crippen LogP contribution in [0.4, 0.5) is 5.69 Å². The SMILES string of the molecule is O=[N+]([O-])c1cccc(COc2cc[c]cc2)c1. The monoisotopic (exact) mass is 228 g/mol. The molecule has 0 heterocycles. The Morgan fingerprint density at radius 2 is 2.00 bits per heavy atom. The Morgan fingerprint density at radius 3 is 2.71 bits per heavy atom. The number of non-ortho nitro benzene ring substituents is 1. The van der Waals surface area contributed by atoms with E-state index in [1.165, 1.54) is 12.1 Å². The van der Waals surface area contributed by atoms with E-state index in [0.717, 1.165) is 11.3 Å². The van der Waals surface area contributed by atoms with Crippen molar-refractivity contribution in [3.8, 4) is 5.75 Å². The molecule has 0 unspecified atom stereocenters. The number of rotatable bonds is 4. The quantitative estimate of drug-likeness (QED) is 0.597. The first-order chi connectivity index (χ1) is 8.25. The lowest BCUT2D eigenvalue weighted by atomic mass is 10.2. The van der Waals surface area contributed by atoms with Crippen molar-refractivity contribution in [3.63, 3.8) is 0 Å². The zero-order valence-corrected chi connectivity index (χ0v) is 9.00. The van der Waals surface area contributed by atoms with Crippen molar-refractivity contribution < 1.29 is 9.66 Å². The minimum absolute atomic E-state index is 0.0764. The van der Waals surface area contributed by atoms with E-state index < -0.39 is 4.92 Å². The molecule has 2 rings (SSSR count). The first-order valence-electron chi connectivity index (χ1n) is 5.08. The van der Waals surface area contributed by atoms with Gasteiger partial charge >= 0.3 is 0 Å². The zero-order chi connectivity index (χ0) is 12.1. The van der Waals surface area contributed by atoms with Gasteiger partial charge in [-0.2, -0.15) is 0 Å². The minimum atomic E-state index is -0.416. The van der Waals surface area contributed by atoms with Crippen molar-refractivity contribution in [3.05, 3.63) is 70.3 Å². The van der Waals surface area contributed by atoms with Crippen LogP contribution < -0.4 is 4.74 Å². The van der Waals surface area contributed by atoms with Crippen molar-refractivity contribution in [1.29, 1.82) is 0 Å². The zero-order valence-electron chi connectivity index (χ0n) is 9.00. The maximum atomic E-state index is 10.6. The van der Waals surface area contributed by atoms with Crippen LogP contribution in [0.5, 0.6) is 5.75 Å². The van der Waals surface area contributed by atoms with Gasteiger partial charge in [0, 0.05) is 12.1 Å². The van der Waals surface area contributed by atoms with E-state index in [2.05, 4.69) is 6.07 Å². The molecule has 0 aliphatic heterocycles. The highest BCUT2D eigenvalue weighted by atomic mass is 16.6. The van der Waals surface area contributed by atoms with Crippen LogP contribution >= 0.6 is 0 Å². The molecule has 0 spiro atoms. The summed E-state index contributed by atoms with van der Waals surface area (Å²) in [5.41, 5.74) is 0.847. The summed E-state index contributed by atoms with van der Waals surface area (Å²) < 4.78 is 5.48. The van der Waals surface area contributed by atoms with E-state index in [9.17, 15) is 10.1 Å². The Bertz CT molecular complexity index is 511. The van der Waals surface area contributed by atoms with Gasteiger partial charge in [-0.05, 0) is 23.8 Å². The Hall–Kier alpha value is -2.36. The molecule has 2 aromatic carbocycles. The van der Waals surface area contributed by atoms with Gasteiger partial charge in [0.15, 0.2) is 0 Å². The Balaban J connectivity index is 2.04. The number of nitro benzene ring substituents is 1. The van der Waals surface area contributed by atoms with Crippen LogP contribution in [0.15, 0.2) is 48.5 Å². The number of nitrogens with zero attached hydrogens (tertiary/aromatic N) is 1. The van der Waals surface area contributed by atoms with Crippen LogP contribution in [0, 0.1) is 16.2 Å². The third-order valence-corrected chi connectivity index (χ3v) is 2.21. The van der Waals surface area contributed by atoms with Gasteiger partial charge in [-0.3, -0.25) is 10.1 Å². The van der Waals surface area contributed by atoms with Crippen molar-refractivity contribution >= 4 is 5.69 Å². The summed E-state index contributed by atoms with van der Waals surface area (Å²) >= 11 is 0. The minimum Gasteiger partial charge on any atom is -0.489 e. The third-order valence-electron chi connectivity index (χ3n) is 2.21. The maximum absolute atomic E-state index is 10.6. The van der Waals surface area contributed by atoms with Gasteiger partial charge in [0.1, 0.15) is 12.4 Å². The molecule has 0 aromatic heterocycles. The van der Waals surface area contributed by atoms with Gasteiger partial charge in [-0.1, -0.05) is 24.3 Å². The molecule has 4 nitrogen and oxygen atoms in total. The van der Waals surface area contributed by atoms with E-state index in [0.29, 0.717) is 6.61 Å². The van der Waals surface area contributed by atoms with E-state index in [1.807, 2.05) is 0 Å². The van der Waals surface area contributed by atoms with E-state index in [-0.39, 0.29) is 5.69 Å². The summed E-state index contributed by atoms with van der Waals surface area (Å²) in [6.45, 7) is 0.311. The highest BCUT2D eigenvalue weighted by molar-refractivity contribution is 5.34. The van der Waals surface area contributed by atoms with Crippen molar-refractivity contribution in [2.24, 2.45) is 0 Å². The third kappa shape index (κ3) is 3.04.